The molecule has 8 heavy (non-hydrogen) atoms. The molecule has 38 valence electrons. The second-order valence-electron chi connectivity index (χ2n) is 1.49. The third-order valence-electron chi connectivity index (χ3n) is 0.937. The maximum absolute atomic E-state index is 9.97. The Morgan fingerprint density at radius 2 is 2.50 bits per heavy atom. The van der Waals surface area contributed by atoms with Crippen molar-refractivity contribution < 1.29 is 9.90 Å². The third kappa shape index (κ3) is 0.666. The predicted octanol–water partition coefficient (Wildman–Crippen LogP) is 0.0634. The molecule has 0 aliphatic heterocycles. The van der Waals surface area contributed by atoms with E-state index in [1.165, 1.54) is 12.1 Å². The lowest BCUT2D eigenvalue weighted by Gasteiger charge is -1.75. The predicted molar refractivity (Wildman–Crippen MR) is 29.6 cm³/mol. The Labute approximate surface area is 47.9 Å². The van der Waals surface area contributed by atoms with Gasteiger partial charge in [0, 0.05) is 0 Å². The Bertz CT molecular complexity index is 191. The van der Waals surface area contributed by atoms with Gasteiger partial charge in [-0.3, -0.25) is 0 Å². The number of hydrogen-bond donors (Lipinski definition) is 1. The second kappa shape index (κ2) is 1.51. The lowest BCUT2D eigenvalue weighted by atomic mass is 10.1. The largest absolute Gasteiger partial charge is 0.478 e. The molecule has 0 heterocycles. The van der Waals surface area contributed by atoms with Crippen LogP contribution in [0.15, 0.2) is 23.2 Å². The number of carboxylic acid groups (broad SMARTS) is 1. The number of hydrogen-bond acceptors (Lipinski definition) is 1. The van der Waals surface area contributed by atoms with E-state index in [9.17, 15) is 4.79 Å². The number of allylic oxidation sites excluding steroid dienone is 1. The lowest BCUT2D eigenvalue weighted by molar-refractivity contribution is -0.131. The zero-order chi connectivity index (χ0) is 6.15. The van der Waals surface area contributed by atoms with E-state index < -0.39 is 5.97 Å². The van der Waals surface area contributed by atoms with Crippen molar-refractivity contribution in [3.05, 3.63) is 23.2 Å². The molecule has 1 rings (SSSR count). The van der Waals surface area contributed by atoms with Gasteiger partial charge >= 0.3 is 5.97 Å². The second-order valence-corrected chi connectivity index (χ2v) is 1.49. The Morgan fingerprint density at radius 1 is 1.88 bits per heavy atom. The van der Waals surface area contributed by atoms with Crippen LogP contribution >= 0.6 is 0 Å². The van der Waals surface area contributed by atoms with Gasteiger partial charge < -0.3 is 5.11 Å². The number of carboxylic acids is 1. The summed E-state index contributed by atoms with van der Waals surface area (Å²) in [6, 6.07) is 0. The minimum Gasteiger partial charge on any atom is -0.478 e. The molecule has 0 fully saturated rings. The van der Waals surface area contributed by atoms with E-state index in [4.69, 9.17) is 13.0 Å². The first-order valence-corrected chi connectivity index (χ1v) is 2.13. The van der Waals surface area contributed by atoms with Crippen LogP contribution in [0.25, 0.3) is 0 Å². The van der Waals surface area contributed by atoms with Gasteiger partial charge in [-0.05, 0) is 11.6 Å². The highest BCUT2D eigenvalue weighted by molar-refractivity contribution is 6.20. The SMILES string of the molecule is [B]/C=C1C=C\1C(=O)O. The first-order chi connectivity index (χ1) is 3.75. The Kier molecular flexibility index (Phi) is 0.972. The van der Waals surface area contributed by atoms with E-state index in [1.54, 1.807) is 0 Å². The molecule has 1 aliphatic carbocycles. The number of aliphatic carboxylic acids is 1. The van der Waals surface area contributed by atoms with Crippen LogP contribution in [0.4, 0.5) is 0 Å². The first-order valence-electron chi connectivity index (χ1n) is 2.13. The summed E-state index contributed by atoms with van der Waals surface area (Å²) in [5.74, 6) is 0.380. The molecule has 0 saturated heterocycles. The van der Waals surface area contributed by atoms with Crippen LogP contribution in [0.5, 0.6) is 0 Å². The van der Waals surface area contributed by atoms with Crippen molar-refractivity contribution in [3.63, 3.8) is 0 Å². The van der Waals surface area contributed by atoms with Crippen molar-refractivity contribution in [3.8, 4) is 0 Å². The zero-order valence-electron chi connectivity index (χ0n) is 4.09. The normalized spacial score (nSPS) is 20.5. The standard InChI is InChI=1S/C5H3BO2/c6-2-3-1-4(3)5(7)8/h1-2H,(H,7,8)/b3-2+. The van der Waals surface area contributed by atoms with Crippen molar-refractivity contribution in [1.29, 1.82) is 0 Å². The minimum absolute atomic E-state index is 0.326. The molecule has 0 spiro atoms. The van der Waals surface area contributed by atoms with E-state index in [1.807, 2.05) is 0 Å². The third-order valence-corrected chi connectivity index (χ3v) is 0.937. The fraction of sp³-hybridized carbons (Fsp3) is 0. The van der Waals surface area contributed by atoms with Crippen molar-refractivity contribution in [2.24, 2.45) is 0 Å². The molecule has 2 radical (unpaired) electrons. The van der Waals surface area contributed by atoms with Crippen LogP contribution in [0.2, 0.25) is 0 Å². The summed E-state index contributed by atoms with van der Waals surface area (Å²) in [5, 5.41) is 8.19. The Morgan fingerprint density at radius 3 is 2.62 bits per heavy atom. The van der Waals surface area contributed by atoms with Crippen molar-refractivity contribution in [2.45, 2.75) is 0 Å². The van der Waals surface area contributed by atoms with Gasteiger partial charge in [0.2, 0.25) is 0 Å². The van der Waals surface area contributed by atoms with E-state index in [-0.39, 0.29) is 0 Å². The summed E-state index contributed by atoms with van der Waals surface area (Å²) in [7, 11) is 4.98. The average molecular weight is 106 g/mol. The summed E-state index contributed by atoms with van der Waals surface area (Å²) < 4.78 is 0. The van der Waals surface area contributed by atoms with E-state index >= 15 is 0 Å². The van der Waals surface area contributed by atoms with Crippen LogP contribution in [-0.2, 0) is 4.79 Å². The molecule has 0 unspecified atom stereocenters. The van der Waals surface area contributed by atoms with Crippen LogP contribution in [-0.4, -0.2) is 18.9 Å². The van der Waals surface area contributed by atoms with Crippen LogP contribution in [0.1, 0.15) is 0 Å². The summed E-state index contributed by atoms with van der Waals surface area (Å²) >= 11 is 0. The molecule has 1 aliphatic rings. The monoisotopic (exact) mass is 106 g/mol. The average Bonchev–Trinajstić information content (AvgIpc) is 2.42. The van der Waals surface area contributed by atoms with Gasteiger partial charge in [0.25, 0.3) is 0 Å². The van der Waals surface area contributed by atoms with Gasteiger partial charge in [0.15, 0.2) is 0 Å². The summed E-state index contributed by atoms with van der Waals surface area (Å²) in [4.78, 5) is 9.97. The molecule has 0 aromatic heterocycles. The molecule has 0 aromatic rings. The molecule has 2 nitrogen and oxygen atoms in total. The zero-order valence-corrected chi connectivity index (χ0v) is 4.09. The highest BCUT2D eigenvalue weighted by Crippen LogP contribution is 2.26. The molecular formula is C5H3BO2. The number of rotatable bonds is 1. The number of carbonyl (C=O) groups is 1. The summed E-state index contributed by atoms with van der Waals surface area (Å²) in [6.45, 7) is 0. The fourth-order valence-electron chi connectivity index (χ4n) is 0.443. The van der Waals surface area contributed by atoms with E-state index in [2.05, 4.69) is 0 Å². The van der Waals surface area contributed by atoms with Gasteiger partial charge in [-0.15, -0.1) is 5.98 Å². The maximum Gasteiger partial charge on any atom is 0.336 e. The maximum atomic E-state index is 9.97. The van der Waals surface area contributed by atoms with Crippen molar-refractivity contribution >= 4 is 13.8 Å². The van der Waals surface area contributed by atoms with Crippen LogP contribution in [0.3, 0.4) is 0 Å². The summed E-state index contributed by atoms with van der Waals surface area (Å²) in [6.07, 6.45) is 1.52. The van der Waals surface area contributed by atoms with Gasteiger partial charge in [0.1, 0.15) is 7.85 Å². The smallest absolute Gasteiger partial charge is 0.336 e. The molecular weight excluding hydrogens is 103 g/mol. The van der Waals surface area contributed by atoms with Crippen LogP contribution < -0.4 is 0 Å². The summed E-state index contributed by atoms with van der Waals surface area (Å²) in [5.41, 5.74) is 0.963. The molecule has 3 heteroatoms. The molecule has 0 atom stereocenters. The molecule has 0 bridgehead atoms. The molecule has 1 N–H and O–H groups in total. The van der Waals surface area contributed by atoms with Crippen molar-refractivity contribution in [2.75, 3.05) is 0 Å². The quantitative estimate of drug-likeness (QED) is 0.480. The molecule has 0 aromatic carbocycles. The minimum atomic E-state index is -0.901. The topological polar surface area (TPSA) is 37.3 Å². The van der Waals surface area contributed by atoms with Gasteiger partial charge in [0.05, 0.1) is 5.57 Å². The molecule has 0 saturated carbocycles. The van der Waals surface area contributed by atoms with Crippen LogP contribution in [0, 0.1) is 0 Å². The van der Waals surface area contributed by atoms with E-state index in [0.29, 0.717) is 11.1 Å². The van der Waals surface area contributed by atoms with Gasteiger partial charge in [-0.25, -0.2) is 4.79 Å². The highest BCUT2D eigenvalue weighted by Gasteiger charge is 2.21. The lowest BCUT2D eigenvalue weighted by Crippen LogP contribution is -1.89. The van der Waals surface area contributed by atoms with Gasteiger partial charge in [-0.1, -0.05) is 0 Å². The highest BCUT2D eigenvalue weighted by atomic mass is 16.4. The van der Waals surface area contributed by atoms with Gasteiger partial charge in [-0.2, -0.15) is 0 Å². The molecule has 0 amide bonds. The fourth-order valence-corrected chi connectivity index (χ4v) is 0.443. The van der Waals surface area contributed by atoms with Crippen molar-refractivity contribution in [1.82, 2.24) is 0 Å². The van der Waals surface area contributed by atoms with E-state index in [0.717, 1.165) is 0 Å². The first kappa shape index (κ1) is 5.16. The Hall–Kier alpha value is -0.985. The Balaban J connectivity index is 2.60.